The van der Waals surface area contributed by atoms with Gasteiger partial charge in [0.1, 0.15) is 0 Å². The van der Waals surface area contributed by atoms with Crippen molar-refractivity contribution in [2.75, 3.05) is 13.2 Å². The van der Waals surface area contributed by atoms with Gasteiger partial charge in [-0.3, -0.25) is 0 Å². The number of nitrogens with zero attached hydrogens (tertiary/aromatic N) is 1. The van der Waals surface area contributed by atoms with E-state index in [1.165, 1.54) is 83.3 Å². The Hall–Kier alpha value is 0.110. The third-order valence-corrected chi connectivity index (χ3v) is 3.53. The van der Waals surface area contributed by atoms with Crippen molar-refractivity contribution in [1.82, 2.24) is 5.41 Å². The first-order chi connectivity index (χ1) is 9.41. The highest BCUT2D eigenvalue weighted by Crippen LogP contribution is 2.11. The van der Waals surface area contributed by atoms with Crippen molar-refractivity contribution in [3.05, 3.63) is 0 Å². The van der Waals surface area contributed by atoms with Gasteiger partial charge in [0, 0.05) is 6.61 Å². The highest BCUT2D eigenvalue weighted by atomic mass is 79.9. The SMILES string of the molecule is CCCCCCCCCCCCCCOCCC=[N+].[Br-]. The van der Waals surface area contributed by atoms with Gasteiger partial charge >= 0.3 is 11.6 Å². The molecule has 2 radical (unpaired) electrons. The lowest BCUT2D eigenvalue weighted by Crippen LogP contribution is -3.00. The van der Waals surface area contributed by atoms with Crippen molar-refractivity contribution >= 4 is 6.21 Å². The van der Waals surface area contributed by atoms with Crippen LogP contribution in [0.4, 0.5) is 0 Å². The lowest BCUT2D eigenvalue weighted by Gasteiger charge is -2.03. The predicted molar refractivity (Wildman–Crippen MR) is 84.7 cm³/mol. The summed E-state index contributed by atoms with van der Waals surface area (Å²) in [4.78, 5) is 0. The molecule has 0 aromatic carbocycles. The summed E-state index contributed by atoms with van der Waals surface area (Å²) in [6, 6.07) is 0. The van der Waals surface area contributed by atoms with E-state index in [0.717, 1.165) is 6.61 Å². The summed E-state index contributed by atoms with van der Waals surface area (Å²) in [5, 5.41) is 8.47. The molecule has 3 heteroatoms. The number of ether oxygens (including phenoxy) is 1. The Morgan fingerprint density at radius 1 is 0.700 bits per heavy atom. The monoisotopic (exact) mass is 347 g/mol. The van der Waals surface area contributed by atoms with Crippen LogP contribution >= 0.6 is 0 Å². The van der Waals surface area contributed by atoms with Crippen LogP contribution in [-0.4, -0.2) is 19.4 Å². The molecule has 0 spiro atoms. The van der Waals surface area contributed by atoms with Crippen molar-refractivity contribution in [2.45, 2.75) is 90.4 Å². The number of unbranched alkanes of at least 4 members (excludes halogenated alkanes) is 11. The molecule has 0 heterocycles. The van der Waals surface area contributed by atoms with Gasteiger partial charge in [0.05, 0.1) is 13.0 Å². The molecule has 0 rings (SSSR count). The van der Waals surface area contributed by atoms with E-state index < -0.39 is 0 Å². The van der Waals surface area contributed by atoms with Gasteiger partial charge in [-0.05, 0) is 6.42 Å². The molecule has 0 aromatic heterocycles. The minimum Gasteiger partial charge on any atom is -1.00 e. The summed E-state index contributed by atoms with van der Waals surface area (Å²) in [5.74, 6) is 0. The Labute approximate surface area is 137 Å². The lowest BCUT2D eigenvalue weighted by atomic mass is 10.1. The molecule has 0 aliphatic carbocycles. The summed E-state index contributed by atoms with van der Waals surface area (Å²) in [6.45, 7) is 3.79. The van der Waals surface area contributed by atoms with E-state index in [1.807, 2.05) is 0 Å². The highest BCUT2D eigenvalue weighted by Gasteiger charge is 1.94. The maximum atomic E-state index is 8.47. The van der Waals surface area contributed by atoms with Crippen LogP contribution in [-0.2, 0) is 4.74 Å². The van der Waals surface area contributed by atoms with Crippen molar-refractivity contribution in [3.8, 4) is 0 Å². The van der Waals surface area contributed by atoms with Gasteiger partial charge in [-0.25, -0.2) is 0 Å². The molecule has 0 unspecified atom stereocenters. The van der Waals surface area contributed by atoms with Crippen LogP contribution in [0.25, 0.3) is 0 Å². The molecule has 20 heavy (non-hydrogen) atoms. The van der Waals surface area contributed by atoms with E-state index in [-0.39, 0.29) is 17.0 Å². The highest BCUT2D eigenvalue weighted by molar-refractivity contribution is 5.53. The molecule has 120 valence electrons. The maximum absolute atomic E-state index is 8.47. The number of rotatable bonds is 16. The molecule has 0 aromatic rings. The fraction of sp³-hybridized carbons (Fsp3) is 0.941. The second kappa shape index (κ2) is 21.4. The van der Waals surface area contributed by atoms with Crippen molar-refractivity contribution in [1.29, 1.82) is 0 Å². The van der Waals surface area contributed by atoms with Gasteiger partial charge in [-0.2, -0.15) is 0 Å². The molecule has 0 bridgehead atoms. The summed E-state index contributed by atoms with van der Waals surface area (Å²) < 4.78 is 5.37. The number of hydrogen-bond acceptors (Lipinski definition) is 1. The molecule has 0 amide bonds. The van der Waals surface area contributed by atoms with Crippen molar-refractivity contribution in [2.24, 2.45) is 0 Å². The molecular formula is C17H34BrNO. The fourth-order valence-electron chi connectivity index (χ4n) is 2.28. The first-order valence-electron chi connectivity index (χ1n) is 8.45. The van der Waals surface area contributed by atoms with Crippen LogP contribution in [0.2, 0.25) is 0 Å². The zero-order chi connectivity index (χ0) is 14.0. The molecule has 0 aliphatic heterocycles. The number of halogens is 1. The quantitative estimate of drug-likeness (QED) is 0.310. The smallest absolute Gasteiger partial charge is 0.414 e. The van der Waals surface area contributed by atoms with Gasteiger partial charge in [0.15, 0.2) is 0 Å². The lowest BCUT2D eigenvalue weighted by molar-refractivity contribution is -0.00000516. The Bertz CT molecular complexity index is 176. The molecule has 0 N–H and O–H groups in total. The van der Waals surface area contributed by atoms with Crippen LogP contribution in [0.15, 0.2) is 0 Å². The van der Waals surface area contributed by atoms with Crippen LogP contribution in [0.5, 0.6) is 0 Å². The van der Waals surface area contributed by atoms with Crippen LogP contribution in [0.3, 0.4) is 0 Å². The van der Waals surface area contributed by atoms with E-state index >= 15 is 0 Å². The summed E-state index contributed by atoms with van der Waals surface area (Å²) in [5.41, 5.74) is 0. The van der Waals surface area contributed by atoms with Gasteiger partial charge in [-0.1, -0.05) is 77.6 Å². The Morgan fingerprint density at radius 2 is 1.15 bits per heavy atom. The average molecular weight is 348 g/mol. The second-order valence-corrected chi connectivity index (χ2v) is 5.47. The third kappa shape index (κ3) is 20.4. The molecule has 2 nitrogen and oxygen atoms in total. The van der Waals surface area contributed by atoms with E-state index in [2.05, 4.69) is 6.92 Å². The summed E-state index contributed by atoms with van der Waals surface area (Å²) >= 11 is 0. The summed E-state index contributed by atoms with van der Waals surface area (Å²) in [7, 11) is 0. The van der Waals surface area contributed by atoms with E-state index in [9.17, 15) is 0 Å². The predicted octanol–water partition coefficient (Wildman–Crippen LogP) is 1.97. The average Bonchev–Trinajstić information content (AvgIpc) is 2.43. The van der Waals surface area contributed by atoms with Crippen LogP contribution in [0, 0.1) is 0 Å². The first kappa shape index (κ1) is 22.4. The minimum atomic E-state index is 0. The molecular weight excluding hydrogens is 314 g/mol. The molecule has 0 aliphatic rings. The van der Waals surface area contributed by atoms with E-state index in [1.54, 1.807) is 0 Å². The van der Waals surface area contributed by atoms with Gasteiger partial charge in [-0.15, -0.1) is 0 Å². The third-order valence-electron chi connectivity index (χ3n) is 3.53. The minimum absolute atomic E-state index is 0. The molecule has 0 atom stereocenters. The standard InChI is InChI=1S/C17H34NO.BrH/c1-2-3-4-5-6-7-8-9-10-11-12-13-16-19-17-14-15-18;/h15H,2-14,16-17H2,1H3;1H/q+1;/p-1. The second-order valence-electron chi connectivity index (χ2n) is 5.47. The topological polar surface area (TPSA) is 31.5 Å². The van der Waals surface area contributed by atoms with Crippen molar-refractivity contribution < 1.29 is 21.7 Å². The normalized spacial score (nSPS) is 10.2. The molecule has 0 fully saturated rings. The Morgan fingerprint density at radius 3 is 1.60 bits per heavy atom. The summed E-state index contributed by atoms with van der Waals surface area (Å²) in [6.07, 6.45) is 18.4. The Kier molecular flexibility index (Phi) is 24.0. The molecule has 0 saturated heterocycles. The zero-order valence-electron chi connectivity index (χ0n) is 13.4. The van der Waals surface area contributed by atoms with Gasteiger partial charge in [0.2, 0.25) is 0 Å². The number of hydrogen-bond donors (Lipinski definition) is 0. The van der Waals surface area contributed by atoms with Gasteiger partial charge < -0.3 is 21.7 Å². The fourth-order valence-corrected chi connectivity index (χ4v) is 2.28. The van der Waals surface area contributed by atoms with E-state index in [0.29, 0.717) is 13.0 Å². The largest absolute Gasteiger partial charge is 1.00 e. The zero-order valence-corrected chi connectivity index (χ0v) is 15.0. The van der Waals surface area contributed by atoms with E-state index in [4.69, 9.17) is 10.1 Å². The van der Waals surface area contributed by atoms with Crippen LogP contribution < -0.4 is 22.4 Å². The first-order valence-corrected chi connectivity index (χ1v) is 8.45. The molecule has 0 saturated carbocycles. The van der Waals surface area contributed by atoms with Gasteiger partial charge in [0.25, 0.3) is 0 Å². The maximum Gasteiger partial charge on any atom is 0.414 e. The van der Waals surface area contributed by atoms with Crippen LogP contribution in [0.1, 0.15) is 90.4 Å². The Balaban J connectivity index is 0. The van der Waals surface area contributed by atoms with Crippen molar-refractivity contribution in [3.63, 3.8) is 0 Å².